The summed E-state index contributed by atoms with van der Waals surface area (Å²) < 4.78 is 1.19. The maximum absolute atomic E-state index is 3.73. The summed E-state index contributed by atoms with van der Waals surface area (Å²) in [5, 5.41) is 3.73. The van der Waals surface area contributed by atoms with Gasteiger partial charge >= 0.3 is 0 Å². The molecular formula is C16H24BrN. The molecule has 0 spiro atoms. The molecule has 1 aliphatic rings. The summed E-state index contributed by atoms with van der Waals surface area (Å²) in [6, 6.07) is 7.19. The Morgan fingerprint density at radius 3 is 2.78 bits per heavy atom. The SMILES string of the molecule is CCCNC(CC1CCC1)c1cc(Br)ccc1C. The molecule has 1 aliphatic carbocycles. The number of halogens is 1. The molecule has 0 aromatic heterocycles. The molecule has 1 fully saturated rings. The van der Waals surface area contributed by atoms with E-state index in [0.29, 0.717) is 6.04 Å². The molecule has 0 saturated heterocycles. The topological polar surface area (TPSA) is 12.0 Å². The molecule has 0 heterocycles. The van der Waals surface area contributed by atoms with Crippen LogP contribution in [0.15, 0.2) is 22.7 Å². The Hall–Kier alpha value is -0.340. The smallest absolute Gasteiger partial charge is 0.0325 e. The predicted molar refractivity (Wildman–Crippen MR) is 81.9 cm³/mol. The number of benzene rings is 1. The van der Waals surface area contributed by atoms with Crippen LogP contribution < -0.4 is 5.32 Å². The van der Waals surface area contributed by atoms with E-state index in [2.05, 4.69) is 53.3 Å². The number of aryl methyl sites for hydroxylation is 1. The highest BCUT2D eigenvalue weighted by Gasteiger charge is 2.23. The molecule has 1 aromatic carbocycles. The van der Waals surface area contributed by atoms with Crippen molar-refractivity contribution in [1.29, 1.82) is 0 Å². The molecule has 18 heavy (non-hydrogen) atoms. The highest BCUT2D eigenvalue weighted by Crippen LogP contribution is 2.36. The first kappa shape index (κ1) is 14.1. The normalized spacial score (nSPS) is 17.5. The zero-order valence-electron chi connectivity index (χ0n) is 11.5. The summed E-state index contributed by atoms with van der Waals surface area (Å²) >= 11 is 3.60. The van der Waals surface area contributed by atoms with Crippen molar-refractivity contribution in [3.8, 4) is 0 Å². The maximum Gasteiger partial charge on any atom is 0.0325 e. The predicted octanol–water partition coefficient (Wildman–Crippen LogP) is 4.99. The fourth-order valence-corrected chi connectivity index (χ4v) is 3.07. The fraction of sp³-hybridized carbons (Fsp3) is 0.625. The molecule has 1 saturated carbocycles. The largest absolute Gasteiger partial charge is 0.310 e. The van der Waals surface area contributed by atoms with Crippen LogP contribution in [0, 0.1) is 12.8 Å². The molecule has 0 aliphatic heterocycles. The van der Waals surface area contributed by atoms with E-state index in [-0.39, 0.29) is 0 Å². The van der Waals surface area contributed by atoms with Crippen molar-refractivity contribution in [2.45, 2.75) is 52.0 Å². The van der Waals surface area contributed by atoms with Gasteiger partial charge in [0.1, 0.15) is 0 Å². The van der Waals surface area contributed by atoms with Crippen LogP contribution in [0.2, 0.25) is 0 Å². The van der Waals surface area contributed by atoms with Crippen LogP contribution in [0.3, 0.4) is 0 Å². The molecule has 0 amide bonds. The third-order valence-corrected chi connectivity index (χ3v) is 4.54. The van der Waals surface area contributed by atoms with Crippen molar-refractivity contribution in [2.75, 3.05) is 6.54 Å². The van der Waals surface area contributed by atoms with Gasteiger partial charge in [0.05, 0.1) is 0 Å². The van der Waals surface area contributed by atoms with Gasteiger partial charge in [-0.1, -0.05) is 48.2 Å². The number of hydrogen-bond donors (Lipinski definition) is 1. The van der Waals surface area contributed by atoms with Crippen LogP contribution in [0.1, 0.15) is 56.2 Å². The van der Waals surface area contributed by atoms with E-state index in [1.807, 2.05) is 0 Å². The van der Waals surface area contributed by atoms with Gasteiger partial charge in [0.2, 0.25) is 0 Å². The molecule has 1 aromatic rings. The average molecular weight is 310 g/mol. The van der Waals surface area contributed by atoms with E-state index in [9.17, 15) is 0 Å². The highest BCUT2D eigenvalue weighted by atomic mass is 79.9. The lowest BCUT2D eigenvalue weighted by Gasteiger charge is -2.31. The molecule has 2 rings (SSSR count). The van der Waals surface area contributed by atoms with Gasteiger partial charge in [0.15, 0.2) is 0 Å². The number of nitrogens with one attached hydrogen (secondary N) is 1. The van der Waals surface area contributed by atoms with Gasteiger partial charge in [0.25, 0.3) is 0 Å². The van der Waals surface area contributed by atoms with Gasteiger partial charge in [-0.2, -0.15) is 0 Å². The van der Waals surface area contributed by atoms with E-state index >= 15 is 0 Å². The molecule has 0 radical (unpaired) electrons. The van der Waals surface area contributed by atoms with Crippen molar-refractivity contribution in [2.24, 2.45) is 5.92 Å². The highest BCUT2D eigenvalue weighted by molar-refractivity contribution is 9.10. The van der Waals surface area contributed by atoms with Crippen LogP contribution >= 0.6 is 15.9 Å². The van der Waals surface area contributed by atoms with Gasteiger partial charge in [-0.05, 0) is 55.5 Å². The van der Waals surface area contributed by atoms with Gasteiger partial charge in [-0.15, -0.1) is 0 Å². The van der Waals surface area contributed by atoms with E-state index in [1.54, 1.807) is 0 Å². The van der Waals surface area contributed by atoms with Crippen molar-refractivity contribution in [3.63, 3.8) is 0 Å². The Morgan fingerprint density at radius 1 is 1.39 bits per heavy atom. The second-order valence-electron chi connectivity index (χ2n) is 5.54. The molecule has 1 N–H and O–H groups in total. The van der Waals surface area contributed by atoms with Crippen molar-refractivity contribution < 1.29 is 0 Å². The maximum atomic E-state index is 3.73. The molecule has 100 valence electrons. The summed E-state index contributed by atoms with van der Waals surface area (Å²) in [6.45, 7) is 5.58. The average Bonchev–Trinajstić information content (AvgIpc) is 2.31. The molecule has 1 atom stereocenters. The molecule has 1 unspecified atom stereocenters. The first-order chi connectivity index (χ1) is 8.70. The summed E-state index contributed by atoms with van der Waals surface area (Å²) in [5.41, 5.74) is 2.89. The minimum Gasteiger partial charge on any atom is -0.310 e. The Morgan fingerprint density at radius 2 is 2.17 bits per heavy atom. The van der Waals surface area contributed by atoms with Gasteiger partial charge in [-0.25, -0.2) is 0 Å². The van der Waals surface area contributed by atoms with Crippen LogP contribution in [0.5, 0.6) is 0 Å². The molecule has 1 nitrogen and oxygen atoms in total. The standard InChI is InChI=1S/C16H24BrN/c1-3-9-18-16(10-13-5-4-6-13)15-11-14(17)8-7-12(15)2/h7-8,11,13,16,18H,3-6,9-10H2,1-2H3. The second-order valence-corrected chi connectivity index (χ2v) is 6.46. The third-order valence-electron chi connectivity index (χ3n) is 4.05. The Labute approximate surface area is 119 Å². The molecular weight excluding hydrogens is 286 g/mol. The summed E-state index contributed by atoms with van der Waals surface area (Å²) in [6.07, 6.45) is 6.79. The lowest BCUT2D eigenvalue weighted by Crippen LogP contribution is -2.27. The van der Waals surface area contributed by atoms with Crippen molar-refractivity contribution in [1.82, 2.24) is 5.32 Å². The Balaban J connectivity index is 2.11. The number of rotatable bonds is 6. The van der Waals surface area contributed by atoms with Gasteiger partial charge in [-0.3, -0.25) is 0 Å². The first-order valence-electron chi connectivity index (χ1n) is 7.20. The first-order valence-corrected chi connectivity index (χ1v) is 7.99. The lowest BCUT2D eigenvalue weighted by atomic mass is 9.79. The van der Waals surface area contributed by atoms with E-state index in [4.69, 9.17) is 0 Å². The van der Waals surface area contributed by atoms with Crippen LogP contribution in [0.25, 0.3) is 0 Å². The summed E-state index contributed by atoms with van der Waals surface area (Å²) in [4.78, 5) is 0. The van der Waals surface area contributed by atoms with Crippen LogP contribution in [0.4, 0.5) is 0 Å². The van der Waals surface area contributed by atoms with E-state index < -0.39 is 0 Å². The Kier molecular flexibility index (Phi) is 5.25. The zero-order valence-corrected chi connectivity index (χ0v) is 13.1. The van der Waals surface area contributed by atoms with Crippen molar-refractivity contribution >= 4 is 15.9 Å². The second kappa shape index (κ2) is 6.72. The van der Waals surface area contributed by atoms with Crippen LogP contribution in [-0.2, 0) is 0 Å². The minimum absolute atomic E-state index is 0.535. The number of hydrogen-bond acceptors (Lipinski definition) is 1. The zero-order chi connectivity index (χ0) is 13.0. The summed E-state index contributed by atoms with van der Waals surface area (Å²) in [5.74, 6) is 0.942. The van der Waals surface area contributed by atoms with Gasteiger partial charge < -0.3 is 5.32 Å². The molecule has 2 heteroatoms. The van der Waals surface area contributed by atoms with E-state index in [0.717, 1.165) is 12.5 Å². The van der Waals surface area contributed by atoms with E-state index in [1.165, 1.54) is 47.7 Å². The van der Waals surface area contributed by atoms with Crippen molar-refractivity contribution in [3.05, 3.63) is 33.8 Å². The third kappa shape index (κ3) is 3.58. The summed E-state index contributed by atoms with van der Waals surface area (Å²) in [7, 11) is 0. The molecule has 0 bridgehead atoms. The monoisotopic (exact) mass is 309 g/mol. The lowest BCUT2D eigenvalue weighted by molar-refractivity contribution is 0.261. The fourth-order valence-electron chi connectivity index (χ4n) is 2.69. The Bertz CT molecular complexity index is 385. The van der Waals surface area contributed by atoms with Crippen LogP contribution in [-0.4, -0.2) is 6.54 Å². The van der Waals surface area contributed by atoms with Gasteiger partial charge in [0, 0.05) is 10.5 Å². The minimum atomic E-state index is 0.535. The quantitative estimate of drug-likeness (QED) is 0.780.